The van der Waals surface area contributed by atoms with Gasteiger partial charge in [0.05, 0.1) is 26.3 Å². The van der Waals surface area contributed by atoms with Gasteiger partial charge in [-0.25, -0.2) is 14.6 Å². The van der Waals surface area contributed by atoms with E-state index in [2.05, 4.69) is 9.88 Å². The number of rotatable bonds is 11. The minimum absolute atomic E-state index is 0.0819. The number of hydrogen-bond acceptors (Lipinski definition) is 9. The minimum Gasteiger partial charge on any atom is -0.619 e. The number of benzene rings is 2. The van der Waals surface area contributed by atoms with Crippen molar-refractivity contribution in [3.63, 3.8) is 0 Å². The zero-order chi connectivity index (χ0) is 34.5. The first-order valence-electron chi connectivity index (χ1n) is 15.9. The summed E-state index contributed by atoms with van der Waals surface area (Å²) in [4.78, 5) is 35.4. The Labute approximate surface area is 294 Å². The smallest absolute Gasteiger partial charge is 0.416 e. The van der Waals surface area contributed by atoms with E-state index in [-0.39, 0.29) is 34.7 Å². The molecule has 2 aromatic carbocycles. The van der Waals surface area contributed by atoms with Gasteiger partial charge >= 0.3 is 12.1 Å². The van der Waals surface area contributed by atoms with Gasteiger partial charge in [0, 0.05) is 24.7 Å². The summed E-state index contributed by atoms with van der Waals surface area (Å²) in [7, 11) is 3.03. The monoisotopic (exact) mass is 706 g/mol. The molecule has 2 bridgehead atoms. The number of methoxy groups -OCH3 is 2. The van der Waals surface area contributed by atoms with Crippen LogP contribution in [0.3, 0.4) is 0 Å². The molecule has 1 amide bonds. The lowest BCUT2D eigenvalue weighted by Crippen LogP contribution is -2.53. The first kappa shape index (κ1) is 34.3. The number of hydrogen-bond donors (Lipinski definition) is 0. The summed E-state index contributed by atoms with van der Waals surface area (Å²) in [5, 5.41) is 12.1. The van der Waals surface area contributed by atoms with E-state index in [1.807, 2.05) is 6.07 Å². The number of piperidine rings is 3. The molecule has 256 valence electrons. The predicted octanol–water partition coefficient (Wildman–Crippen LogP) is 6.42. The van der Waals surface area contributed by atoms with E-state index in [9.17, 15) is 14.8 Å². The van der Waals surface area contributed by atoms with Crippen molar-refractivity contribution in [2.24, 2.45) is 5.92 Å². The Morgan fingerprint density at radius 2 is 1.71 bits per heavy atom. The topological polar surface area (TPSA) is 117 Å². The van der Waals surface area contributed by atoms with E-state index >= 15 is 0 Å². The lowest BCUT2D eigenvalue weighted by molar-refractivity contribution is -0.605. The summed E-state index contributed by atoms with van der Waals surface area (Å²) in [5.74, 6) is 1.18. The van der Waals surface area contributed by atoms with Crippen molar-refractivity contribution < 1.29 is 33.3 Å². The Morgan fingerprint density at radius 3 is 2.33 bits per heavy atom. The molecular weight excluding hydrogens is 671 g/mol. The van der Waals surface area contributed by atoms with E-state index in [1.54, 1.807) is 60.8 Å². The van der Waals surface area contributed by atoms with Gasteiger partial charge in [-0.05, 0) is 79.4 Å². The number of aromatic nitrogens is 2. The number of fused-ring (bicyclic) bond motifs is 3. The first-order valence-corrected chi connectivity index (χ1v) is 16.7. The molecule has 2 aromatic heterocycles. The van der Waals surface area contributed by atoms with Gasteiger partial charge in [-0.1, -0.05) is 47.5 Å². The van der Waals surface area contributed by atoms with Crippen molar-refractivity contribution >= 4 is 41.1 Å². The molecule has 3 aliphatic heterocycles. The molecule has 49 heavy (non-hydrogen) atoms. The predicted molar refractivity (Wildman–Crippen MR) is 183 cm³/mol. The standard InChI is InChI=1S/C36H36Cl2N4O7/c1-46-30-11-10-26(17-32(30)47-2)31(18-27-28(37)20-41(45)21-29(27)38)48-35(43)25-8-6-23(7-9-25)19-42(34-5-3-4-14-39-34)36(44)49-33-22-40-15-12-24(33)13-16-40/h3-11,14,17,20-21,24,31,33H,12-13,15-16,18-19,22H2,1-2H3/t31-,33-/m0/s1. The van der Waals surface area contributed by atoms with Crippen LogP contribution in [0.25, 0.3) is 0 Å². The van der Waals surface area contributed by atoms with Gasteiger partial charge in [-0.3, -0.25) is 9.80 Å². The molecule has 0 N–H and O–H groups in total. The number of carbonyl (C=O) groups is 2. The van der Waals surface area contributed by atoms with Gasteiger partial charge in [0.2, 0.25) is 0 Å². The van der Waals surface area contributed by atoms with Crippen LogP contribution in [0.4, 0.5) is 10.6 Å². The van der Waals surface area contributed by atoms with Crippen LogP contribution < -0.4 is 19.1 Å². The van der Waals surface area contributed by atoms with Crippen molar-refractivity contribution in [2.45, 2.75) is 38.0 Å². The van der Waals surface area contributed by atoms with E-state index in [0.717, 1.165) is 38.0 Å². The molecule has 3 saturated heterocycles. The molecular formula is C36H36Cl2N4O7. The van der Waals surface area contributed by atoms with Crippen molar-refractivity contribution in [3.8, 4) is 11.5 Å². The summed E-state index contributed by atoms with van der Waals surface area (Å²) in [6, 6.07) is 17.3. The zero-order valence-corrected chi connectivity index (χ0v) is 28.6. The molecule has 4 aromatic rings. The second kappa shape index (κ2) is 15.3. The highest BCUT2D eigenvalue weighted by Gasteiger charge is 2.37. The normalized spacial score (nSPS) is 18.7. The molecule has 0 unspecified atom stereocenters. The second-order valence-electron chi connectivity index (χ2n) is 12.0. The SMILES string of the molecule is COc1ccc([C@H](Cc2c(Cl)c[n+]([O-])cc2Cl)OC(=O)c2ccc(CN(C(=O)O[C@H]3CN4CCC3CC4)c3ccccn3)cc2)cc1OC. The van der Waals surface area contributed by atoms with Gasteiger partial charge in [-0.2, -0.15) is 4.73 Å². The number of halogens is 2. The van der Waals surface area contributed by atoms with Crippen LogP contribution in [0.5, 0.6) is 11.5 Å². The molecule has 0 radical (unpaired) electrons. The number of amides is 1. The first-order chi connectivity index (χ1) is 23.7. The Bertz CT molecular complexity index is 1760. The third-order valence-corrected chi connectivity index (χ3v) is 9.65. The molecule has 2 atom stereocenters. The van der Waals surface area contributed by atoms with Crippen molar-refractivity contribution in [3.05, 3.63) is 117 Å². The maximum Gasteiger partial charge on any atom is 0.416 e. The maximum absolute atomic E-state index is 13.6. The average Bonchev–Trinajstić information content (AvgIpc) is 3.12. The van der Waals surface area contributed by atoms with Crippen LogP contribution in [0.2, 0.25) is 10.0 Å². The summed E-state index contributed by atoms with van der Waals surface area (Å²) in [5.41, 5.74) is 2.09. The van der Waals surface area contributed by atoms with Crippen LogP contribution in [-0.2, 0) is 22.4 Å². The van der Waals surface area contributed by atoms with Crippen molar-refractivity contribution in [2.75, 3.05) is 38.8 Å². The molecule has 3 aliphatic rings. The summed E-state index contributed by atoms with van der Waals surface area (Å²) >= 11 is 12.8. The number of carbonyl (C=O) groups excluding carboxylic acids is 2. The molecule has 0 saturated carbocycles. The van der Waals surface area contributed by atoms with Gasteiger partial charge in [-0.15, -0.1) is 0 Å². The molecule has 0 spiro atoms. The molecule has 5 heterocycles. The third kappa shape index (κ3) is 8.01. The molecule has 3 fully saturated rings. The molecule has 0 aliphatic carbocycles. The Hall–Kier alpha value is -4.58. The van der Waals surface area contributed by atoms with Gasteiger partial charge in [0.15, 0.2) is 23.9 Å². The average molecular weight is 708 g/mol. The summed E-state index contributed by atoms with van der Waals surface area (Å²) in [6.07, 6.45) is 4.68. The van der Waals surface area contributed by atoms with Crippen molar-refractivity contribution in [1.82, 2.24) is 9.88 Å². The number of pyridine rings is 2. The number of anilines is 1. The van der Waals surface area contributed by atoms with Gasteiger partial charge < -0.3 is 24.2 Å². The van der Waals surface area contributed by atoms with Crippen LogP contribution in [0, 0.1) is 11.1 Å². The quantitative estimate of drug-likeness (QED) is 0.0990. The fourth-order valence-electron chi connectivity index (χ4n) is 6.31. The fourth-order valence-corrected chi connectivity index (χ4v) is 6.91. The number of nitrogens with zero attached hydrogens (tertiary/aromatic N) is 4. The van der Waals surface area contributed by atoms with E-state index < -0.39 is 18.2 Å². The number of esters is 1. The Kier molecular flexibility index (Phi) is 10.7. The zero-order valence-electron chi connectivity index (χ0n) is 27.1. The van der Waals surface area contributed by atoms with Crippen molar-refractivity contribution in [1.29, 1.82) is 0 Å². The van der Waals surface area contributed by atoms with Gasteiger partial charge in [0.1, 0.15) is 28.1 Å². The highest BCUT2D eigenvalue weighted by atomic mass is 35.5. The minimum atomic E-state index is -0.856. The molecule has 11 nitrogen and oxygen atoms in total. The molecule has 13 heteroatoms. The Balaban J connectivity index is 1.20. The van der Waals surface area contributed by atoms with E-state index in [0.29, 0.717) is 39.1 Å². The largest absolute Gasteiger partial charge is 0.619 e. The van der Waals surface area contributed by atoms with Crippen LogP contribution in [0.15, 0.2) is 79.3 Å². The Morgan fingerprint density at radius 1 is 1.00 bits per heavy atom. The van der Waals surface area contributed by atoms with Crippen LogP contribution in [-0.4, -0.2) is 61.9 Å². The lowest BCUT2D eigenvalue weighted by atomic mass is 9.86. The van der Waals surface area contributed by atoms with E-state index in [4.69, 9.17) is 42.1 Å². The second-order valence-corrected chi connectivity index (χ2v) is 12.9. The molecule has 7 rings (SSSR count). The summed E-state index contributed by atoms with van der Waals surface area (Å²) in [6.45, 7) is 3.02. The van der Waals surface area contributed by atoms with Crippen LogP contribution in [0.1, 0.15) is 46.0 Å². The highest BCUT2D eigenvalue weighted by Crippen LogP contribution is 2.36. The highest BCUT2D eigenvalue weighted by molar-refractivity contribution is 6.35. The fraction of sp³-hybridized carbons (Fsp3) is 0.333. The van der Waals surface area contributed by atoms with E-state index in [1.165, 1.54) is 31.5 Å². The van der Waals surface area contributed by atoms with Gasteiger partial charge in [0.25, 0.3) is 0 Å². The third-order valence-electron chi connectivity index (χ3n) is 9.00. The lowest BCUT2D eigenvalue weighted by Gasteiger charge is -2.44. The maximum atomic E-state index is 13.6. The summed E-state index contributed by atoms with van der Waals surface area (Å²) < 4.78 is 23.4. The van der Waals surface area contributed by atoms with Crippen LogP contribution >= 0.6 is 23.2 Å². The number of ether oxygens (including phenoxy) is 4.